The van der Waals surface area contributed by atoms with E-state index in [4.69, 9.17) is 29.4 Å². The van der Waals surface area contributed by atoms with Gasteiger partial charge < -0.3 is 29.4 Å². The van der Waals surface area contributed by atoms with Crippen LogP contribution < -0.4 is 5.73 Å². The van der Waals surface area contributed by atoms with Crippen molar-refractivity contribution in [2.24, 2.45) is 0 Å². The average Bonchev–Trinajstić information content (AvgIpc) is 3.38. The molecule has 5 atom stereocenters. The van der Waals surface area contributed by atoms with Gasteiger partial charge in [-0.25, -0.2) is 14.3 Å². The van der Waals surface area contributed by atoms with Gasteiger partial charge in [0, 0.05) is 0 Å². The van der Waals surface area contributed by atoms with Crippen molar-refractivity contribution >= 4 is 17.5 Å². The molecule has 32 heavy (non-hydrogen) atoms. The summed E-state index contributed by atoms with van der Waals surface area (Å²) in [6.07, 6.45) is -1.08. The molecule has 2 aromatic heterocycles. The fourth-order valence-corrected chi connectivity index (χ4v) is 4.13. The molecule has 2 saturated heterocycles. The van der Waals surface area contributed by atoms with Gasteiger partial charge in [-0.05, 0) is 39.3 Å². The van der Waals surface area contributed by atoms with Crippen molar-refractivity contribution in [3.05, 3.63) is 24.2 Å². The number of rotatable bonds is 6. The number of fused-ring (bicyclic) bond motifs is 2. The van der Waals surface area contributed by atoms with E-state index in [2.05, 4.69) is 16.2 Å². The normalized spacial score (nSPS) is 29.4. The first-order valence-electron chi connectivity index (χ1n) is 10.5. The molecule has 2 aliphatic rings. The van der Waals surface area contributed by atoms with Crippen molar-refractivity contribution in [3.8, 4) is 6.07 Å². The van der Waals surface area contributed by atoms with E-state index in [-0.39, 0.29) is 19.1 Å². The van der Waals surface area contributed by atoms with E-state index < -0.39 is 35.9 Å². The maximum absolute atomic E-state index is 12.2. The molecule has 11 nitrogen and oxygen atoms in total. The second-order valence-corrected chi connectivity index (χ2v) is 8.53. The highest BCUT2D eigenvalue weighted by Crippen LogP contribution is 2.51. The molecule has 172 valence electrons. The maximum atomic E-state index is 12.2. The highest BCUT2D eigenvalue weighted by atomic mass is 16.8. The topological polar surface area (TPSA) is 143 Å². The van der Waals surface area contributed by atoms with E-state index in [1.807, 2.05) is 13.0 Å². The maximum Gasteiger partial charge on any atom is 0.508 e. The summed E-state index contributed by atoms with van der Waals surface area (Å²) in [6, 6.07) is 5.74. The molecule has 2 fully saturated rings. The molecule has 0 bridgehead atoms. The van der Waals surface area contributed by atoms with Crippen LogP contribution in [0.3, 0.4) is 0 Å². The first-order valence-corrected chi connectivity index (χ1v) is 10.5. The van der Waals surface area contributed by atoms with Gasteiger partial charge in [-0.1, -0.05) is 6.92 Å². The highest BCUT2D eigenvalue weighted by molar-refractivity contribution is 5.65. The fourth-order valence-electron chi connectivity index (χ4n) is 4.13. The van der Waals surface area contributed by atoms with Gasteiger partial charge in [0.25, 0.3) is 0 Å². The number of carbonyl (C=O) groups is 1. The average molecular weight is 445 g/mol. The van der Waals surface area contributed by atoms with Crippen LogP contribution in [0, 0.1) is 11.3 Å². The van der Waals surface area contributed by atoms with Crippen molar-refractivity contribution < 1.29 is 28.5 Å². The summed E-state index contributed by atoms with van der Waals surface area (Å²) >= 11 is 0. The monoisotopic (exact) mass is 445 g/mol. The Morgan fingerprint density at radius 3 is 2.88 bits per heavy atom. The largest absolute Gasteiger partial charge is 0.508 e. The standard InChI is InChI=1S/C21H27N5O6/c1-5-12(2)29-19(27)28-10-21(8-9-22)17-16(30-20(3,4)32-17)15(31-21)13-6-7-14-18(23)24-11-25-26(13)14/h6-7,11-12,15-17H,5,8,10H2,1-4H3,(H2,23,24,25)/t12-,15-,16-,17-,21+/m0/s1. The minimum Gasteiger partial charge on any atom is -0.431 e. The minimum atomic E-state index is -1.25. The number of anilines is 1. The van der Waals surface area contributed by atoms with Gasteiger partial charge in [0.1, 0.15) is 48.5 Å². The summed E-state index contributed by atoms with van der Waals surface area (Å²) in [6.45, 7) is 7.01. The molecule has 0 aliphatic carbocycles. The van der Waals surface area contributed by atoms with E-state index in [1.165, 1.54) is 6.33 Å². The number of ether oxygens (including phenoxy) is 5. The third-order valence-corrected chi connectivity index (χ3v) is 5.80. The number of nitrogen functional groups attached to an aromatic ring is 1. The molecule has 0 aromatic carbocycles. The van der Waals surface area contributed by atoms with Gasteiger partial charge in [-0.2, -0.15) is 10.4 Å². The van der Waals surface area contributed by atoms with Crippen LogP contribution in [0.2, 0.25) is 0 Å². The molecule has 2 aromatic rings. The molecule has 0 saturated carbocycles. The summed E-state index contributed by atoms with van der Waals surface area (Å²) in [7, 11) is 0. The van der Waals surface area contributed by atoms with E-state index in [9.17, 15) is 10.1 Å². The van der Waals surface area contributed by atoms with E-state index in [0.29, 0.717) is 23.4 Å². The molecule has 2 N–H and O–H groups in total. The molecular weight excluding hydrogens is 418 g/mol. The van der Waals surface area contributed by atoms with E-state index in [1.54, 1.807) is 31.4 Å². The van der Waals surface area contributed by atoms with Crippen molar-refractivity contribution in [2.75, 3.05) is 12.3 Å². The molecule has 0 amide bonds. The van der Waals surface area contributed by atoms with Crippen molar-refractivity contribution in [2.45, 2.75) is 76.3 Å². The number of hydrogen-bond acceptors (Lipinski definition) is 10. The van der Waals surface area contributed by atoms with Gasteiger partial charge in [-0.3, -0.25) is 0 Å². The molecule has 11 heteroatoms. The Labute approximate surface area is 185 Å². The lowest BCUT2D eigenvalue weighted by atomic mass is 9.92. The minimum absolute atomic E-state index is 0.0822. The van der Waals surface area contributed by atoms with Gasteiger partial charge >= 0.3 is 6.16 Å². The first-order chi connectivity index (χ1) is 15.2. The zero-order chi connectivity index (χ0) is 23.1. The Bertz CT molecular complexity index is 1050. The SMILES string of the molecule is CC[C@H](C)OC(=O)OC[C@@]1(CC#N)O[C@@H](c2ccc3c(N)ncnn23)[C@@H]2OC(C)(C)O[C@@H]21. The number of aromatic nitrogens is 3. The van der Waals surface area contributed by atoms with Gasteiger partial charge in [0.2, 0.25) is 0 Å². The van der Waals surface area contributed by atoms with Crippen molar-refractivity contribution in [1.29, 1.82) is 5.26 Å². The summed E-state index contributed by atoms with van der Waals surface area (Å²) in [5, 5.41) is 13.9. The van der Waals surface area contributed by atoms with Crippen LogP contribution in [-0.2, 0) is 23.7 Å². The fraction of sp³-hybridized carbons (Fsp3) is 0.619. The second kappa shape index (κ2) is 8.20. The molecule has 0 spiro atoms. The molecule has 0 radical (unpaired) electrons. The second-order valence-electron chi connectivity index (χ2n) is 8.53. The zero-order valence-electron chi connectivity index (χ0n) is 18.5. The predicted octanol–water partition coefficient (Wildman–Crippen LogP) is 2.51. The van der Waals surface area contributed by atoms with E-state index in [0.717, 1.165) is 0 Å². The summed E-state index contributed by atoms with van der Waals surface area (Å²) < 4.78 is 30.9. The van der Waals surface area contributed by atoms with Crippen molar-refractivity contribution in [1.82, 2.24) is 14.6 Å². The van der Waals surface area contributed by atoms with Crippen molar-refractivity contribution in [3.63, 3.8) is 0 Å². The van der Waals surface area contributed by atoms with Crippen LogP contribution in [0.15, 0.2) is 18.5 Å². The predicted molar refractivity (Wildman–Crippen MR) is 110 cm³/mol. The van der Waals surface area contributed by atoms with E-state index >= 15 is 0 Å². The number of carbonyl (C=O) groups excluding carboxylic acids is 1. The zero-order valence-corrected chi connectivity index (χ0v) is 18.5. The Hall–Kier alpha value is -2.94. The highest BCUT2D eigenvalue weighted by Gasteiger charge is 2.64. The van der Waals surface area contributed by atoms with Crippen LogP contribution in [-0.4, -0.2) is 57.1 Å². The first kappa shape index (κ1) is 22.3. The number of nitriles is 1. The number of nitrogens with zero attached hydrogens (tertiary/aromatic N) is 4. The van der Waals surface area contributed by atoms with Crippen LogP contribution in [0.25, 0.3) is 5.52 Å². The molecule has 4 heterocycles. The lowest BCUT2D eigenvalue weighted by Gasteiger charge is -2.32. The Morgan fingerprint density at radius 2 is 2.16 bits per heavy atom. The summed E-state index contributed by atoms with van der Waals surface area (Å²) in [5.41, 5.74) is 5.99. The Morgan fingerprint density at radius 1 is 1.38 bits per heavy atom. The lowest BCUT2D eigenvalue weighted by molar-refractivity contribution is -0.217. The molecule has 4 rings (SSSR count). The lowest BCUT2D eigenvalue weighted by Crippen LogP contribution is -2.47. The van der Waals surface area contributed by atoms with Gasteiger partial charge in [0.15, 0.2) is 11.6 Å². The van der Waals surface area contributed by atoms with Crippen LogP contribution in [0.1, 0.15) is 52.3 Å². The number of hydrogen-bond donors (Lipinski definition) is 1. The van der Waals surface area contributed by atoms with Gasteiger partial charge in [-0.15, -0.1) is 0 Å². The summed E-state index contributed by atoms with van der Waals surface area (Å²) in [5.74, 6) is -0.597. The van der Waals surface area contributed by atoms with Crippen LogP contribution >= 0.6 is 0 Å². The molecule has 0 unspecified atom stereocenters. The smallest absolute Gasteiger partial charge is 0.431 e. The Kier molecular flexibility index (Phi) is 5.70. The third-order valence-electron chi connectivity index (χ3n) is 5.80. The van der Waals surface area contributed by atoms with Gasteiger partial charge in [0.05, 0.1) is 18.2 Å². The quantitative estimate of drug-likeness (QED) is 0.659. The van der Waals surface area contributed by atoms with Crippen LogP contribution in [0.4, 0.5) is 10.6 Å². The Balaban J connectivity index is 1.67. The molecular formula is C21H27N5O6. The molecule has 2 aliphatic heterocycles. The van der Waals surface area contributed by atoms with Crippen LogP contribution in [0.5, 0.6) is 0 Å². The summed E-state index contributed by atoms with van der Waals surface area (Å²) in [4.78, 5) is 16.2. The third kappa shape index (κ3) is 3.85. The number of nitrogens with two attached hydrogens (primary N) is 1.